The van der Waals surface area contributed by atoms with Gasteiger partial charge in [-0.25, -0.2) is 4.39 Å². The van der Waals surface area contributed by atoms with E-state index in [4.69, 9.17) is 11.5 Å². The Morgan fingerprint density at radius 2 is 1.88 bits per heavy atom. The van der Waals surface area contributed by atoms with E-state index in [9.17, 15) is 9.18 Å². The van der Waals surface area contributed by atoms with Gasteiger partial charge in [0.05, 0.1) is 12.5 Å². The molecule has 1 unspecified atom stereocenters. The number of hydrogen-bond acceptors (Lipinski definition) is 2. The Morgan fingerprint density at radius 1 is 1.29 bits per heavy atom. The monoisotopic (exact) mass is 448 g/mol. The summed E-state index contributed by atoms with van der Waals surface area (Å²) in [6.45, 7) is 4.28. The van der Waals surface area contributed by atoms with Crippen LogP contribution in [-0.2, 0) is 11.2 Å². The van der Waals surface area contributed by atoms with Gasteiger partial charge in [0.2, 0.25) is 5.91 Å². The summed E-state index contributed by atoms with van der Waals surface area (Å²) in [5.74, 6) is 0.0324. The fraction of sp³-hybridized carbons (Fsp3) is 0.529. The Bertz CT molecular complexity index is 556. The summed E-state index contributed by atoms with van der Waals surface area (Å²) in [5.41, 5.74) is 12.3. The molecule has 1 aliphatic rings. The van der Waals surface area contributed by atoms with Crippen molar-refractivity contribution in [2.75, 3.05) is 19.6 Å². The number of benzene rings is 1. The molecule has 1 amide bonds. The lowest BCUT2D eigenvalue weighted by Gasteiger charge is -2.31. The van der Waals surface area contributed by atoms with Crippen LogP contribution in [0.15, 0.2) is 29.3 Å². The Kier molecular flexibility index (Phi) is 8.44. The highest BCUT2D eigenvalue weighted by molar-refractivity contribution is 14.0. The van der Waals surface area contributed by atoms with Gasteiger partial charge in [-0.1, -0.05) is 19.1 Å². The summed E-state index contributed by atoms with van der Waals surface area (Å²) >= 11 is 0. The second kappa shape index (κ2) is 9.80. The summed E-state index contributed by atoms with van der Waals surface area (Å²) < 4.78 is 12.9. The molecule has 134 valence electrons. The van der Waals surface area contributed by atoms with Crippen LogP contribution >= 0.6 is 24.0 Å². The Morgan fingerprint density at radius 3 is 2.42 bits per heavy atom. The number of likely N-dealkylation sites (tertiary alicyclic amines) is 1. The molecule has 1 saturated heterocycles. The minimum atomic E-state index is -0.442. The molecule has 0 radical (unpaired) electrons. The third-order valence-electron chi connectivity index (χ3n) is 4.38. The number of carbonyl (C=O) groups excluding carboxylic acids is 1. The SMILES string of the molecule is CC1CCN(C(N)=NCC(Cc2ccc(F)cc2)C(N)=O)CC1.I. The van der Waals surface area contributed by atoms with Crippen LogP contribution in [0.2, 0.25) is 0 Å². The van der Waals surface area contributed by atoms with Gasteiger partial charge in [0.1, 0.15) is 5.82 Å². The average Bonchev–Trinajstić information content (AvgIpc) is 2.53. The largest absolute Gasteiger partial charge is 0.370 e. The van der Waals surface area contributed by atoms with Gasteiger partial charge in [-0.15, -0.1) is 24.0 Å². The molecule has 1 fully saturated rings. The van der Waals surface area contributed by atoms with Crippen LogP contribution in [0.3, 0.4) is 0 Å². The molecule has 0 aromatic heterocycles. The molecule has 0 spiro atoms. The number of piperidine rings is 1. The van der Waals surface area contributed by atoms with Crippen molar-refractivity contribution in [3.05, 3.63) is 35.6 Å². The molecule has 1 aromatic rings. The second-order valence-electron chi connectivity index (χ2n) is 6.30. The molecule has 1 aromatic carbocycles. The molecular formula is C17H26FIN4O. The number of rotatable bonds is 5. The van der Waals surface area contributed by atoms with E-state index in [2.05, 4.69) is 16.8 Å². The van der Waals surface area contributed by atoms with Crippen molar-refractivity contribution in [2.45, 2.75) is 26.2 Å². The molecule has 7 heteroatoms. The quantitative estimate of drug-likeness (QED) is 0.411. The summed E-state index contributed by atoms with van der Waals surface area (Å²) in [6.07, 6.45) is 2.64. The van der Waals surface area contributed by atoms with Crippen molar-refractivity contribution >= 4 is 35.8 Å². The summed E-state index contributed by atoms with van der Waals surface area (Å²) in [5, 5.41) is 0. The summed E-state index contributed by atoms with van der Waals surface area (Å²) in [6, 6.07) is 6.06. The van der Waals surface area contributed by atoms with Crippen LogP contribution in [0.5, 0.6) is 0 Å². The maximum Gasteiger partial charge on any atom is 0.222 e. The van der Waals surface area contributed by atoms with Crippen molar-refractivity contribution in [1.29, 1.82) is 0 Å². The van der Waals surface area contributed by atoms with E-state index < -0.39 is 11.8 Å². The van der Waals surface area contributed by atoms with Crippen molar-refractivity contribution < 1.29 is 9.18 Å². The highest BCUT2D eigenvalue weighted by Crippen LogP contribution is 2.16. The molecule has 4 N–H and O–H groups in total. The van der Waals surface area contributed by atoms with E-state index in [0.29, 0.717) is 12.4 Å². The fourth-order valence-electron chi connectivity index (χ4n) is 2.70. The number of nitrogens with zero attached hydrogens (tertiary/aromatic N) is 2. The number of guanidine groups is 1. The van der Waals surface area contributed by atoms with Crippen LogP contribution in [-0.4, -0.2) is 36.4 Å². The standard InChI is InChI=1S/C17H25FN4O.HI/c1-12-6-8-22(9-7-12)17(20)21-11-14(16(19)23)10-13-2-4-15(18)5-3-13;/h2-5,12,14H,6-11H2,1H3,(H2,19,23)(H2,20,21);1H. The minimum Gasteiger partial charge on any atom is -0.370 e. The van der Waals surface area contributed by atoms with Crippen LogP contribution in [0, 0.1) is 17.7 Å². The molecular weight excluding hydrogens is 422 g/mol. The van der Waals surface area contributed by atoms with E-state index in [1.165, 1.54) is 12.1 Å². The van der Waals surface area contributed by atoms with Crippen LogP contribution in [0.25, 0.3) is 0 Å². The van der Waals surface area contributed by atoms with Gasteiger partial charge in [-0.2, -0.15) is 0 Å². The van der Waals surface area contributed by atoms with Gasteiger partial charge in [0.15, 0.2) is 5.96 Å². The third kappa shape index (κ3) is 6.26. The number of hydrogen-bond donors (Lipinski definition) is 2. The molecule has 2 rings (SSSR count). The van der Waals surface area contributed by atoms with Gasteiger partial charge in [0.25, 0.3) is 0 Å². The van der Waals surface area contributed by atoms with Gasteiger partial charge in [-0.05, 0) is 42.9 Å². The lowest BCUT2D eigenvalue weighted by atomic mass is 9.98. The van der Waals surface area contributed by atoms with Crippen molar-refractivity contribution in [3.8, 4) is 0 Å². The van der Waals surface area contributed by atoms with Crippen LogP contribution < -0.4 is 11.5 Å². The lowest BCUT2D eigenvalue weighted by Crippen LogP contribution is -2.43. The maximum atomic E-state index is 12.9. The third-order valence-corrected chi connectivity index (χ3v) is 4.38. The number of primary amides is 1. The van der Waals surface area contributed by atoms with Gasteiger partial charge >= 0.3 is 0 Å². The highest BCUT2D eigenvalue weighted by Gasteiger charge is 2.19. The Hall–Kier alpha value is -1.38. The van der Waals surface area contributed by atoms with Gasteiger partial charge in [-0.3, -0.25) is 9.79 Å². The predicted octanol–water partition coefficient (Wildman–Crippen LogP) is 2.13. The normalized spacial score (nSPS) is 17.2. The van der Waals surface area contributed by atoms with E-state index in [-0.39, 0.29) is 36.3 Å². The van der Waals surface area contributed by atoms with Crippen molar-refractivity contribution in [3.63, 3.8) is 0 Å². The van der Waals surface area contributed by atoms with Crippen molar-refractivity contribution in [1.82, 2.24) is 4.90 Å². The minimum absolute atomic E-state index is 0. The molecule has 24 heavy (non-hydrogen) atoms. The lowest BCUT2D eigenvalue weighted by molar-refractivity contribution is -0.121. The molecule has 1 aliphatic heterocycles. The molecule has 1 atom stereocenters. The first-order valence-electron chi connectivity index (χ1n) is 8.04. The topological polar surface area (TPSA) is 84.7 Å². The maximum absolute atomic E-state index is 12.9. The highest BCUT2D eigenvalue weighted by atomic mass is 127. The molecule has 5 nitrogen and oxygen atoms in total. The number of amides is 1. The van der Waals surface area contributed by atoms with E-state index in [0.717, 1.165) is 37.4 Å². The van der Waals surface area contributed by atoms with E-state index in [1.807, 2.05) is 0 Å². The first-order chi connectivity index (χ1) is 11.0. The zero-order valence-corrected chi connectivity index (χ0v) is 16.3. The van der Waals surface area contributed by atoms with Gasteiger partial charge in [0, 0.05) is 13.1 Å². The zero-order chi connectivity index (χ0) is 16.8. The zero-order valence-electron chi connectivity index (χ0n) is 14.0. The average molecular weight is 448 g/mol. The molecule has 1 heterocycles. The Balaban J connectivity index is 0.00000288. The number of aliphatic imine (C=N–C) groups is 1. The van der Waals surface area contributed by atoms with Crippen LogP contribution in [0.4, 0.5) is 4.39 Å². The van der Waals surface area contributed by atoms with E-state index >= 15 is 0 Å². The second-order valence-corrected chi connectivity index (χ2v) is 6.30. The fourth-order valence-corrected chi connectivity index (χ4v) is 2.70. The first kappa shape index (κ1) is 20.7. The number of halogens is 2. The number of carbonyl (C=O) groups is 1. The molecule has 0 saturated carbocycles. The van der Waals surface area contributed by atoms with Crippen LogP contribution in [0.1, 0.15) is 25.3 Å². The summed E-state index contributed by atoms with van der Waals surface area (Å²) in [7, 11) is 0. The Labute approximate surface area is 159 Å². The van der Waals surface area contributed by atoms with Gasteiger partial charge < -0.3 is 16.4 Å². The summed E-state index contributed by atoms with van der Waals surface area (Å²) in [4.78, 5) is 18.0. The number of nitrogens with two attached hydrogens (primary N) is 2. The molecule has 0 bridgehead atoms. The molecule has 0 aliphatic carbocycles. The predicted molar refractivity (Wildman–Crippen MR) is 105 cm³/mol. The first-order valence-corrected chi connectivity index (χ1v) is 8.04. The smallest absolute Gasteiger partial charge is 0.222 e. The van der Waals surface area contributed by atoms with Crippen molar-refractivity contribution in [2.24, 2.45) is 28.3 Å². The van der Waals surface area contributed by atoms with E-state index in [1.54, 1.807) is 12.1 Å².